The Hall–Kier alpha value is -2.96. The predicted octanol–water partition coefficient (Wildman–Crippen LogP) is 0.757. The molecular formula is C13H12N4O3. The number of nitrogens with two attached hydrogens (primary N) is 1. The van der Waals surface area contributed by atoms with E-state index in [0.29, 0.717) is 11.3 Å². The fourth-order valence-electron chi connectivity index (χ4n) is 1.59. The summed E-state index contributed by atoms with van der Waals surface area (Å²) in [5.41, 5.74) is 7.18. The van der Waals surface area contributed by atoms with Crippen LogP contribution in [-0.4, -0.2) is 34.4 Å². The number of nitrogens with zero attached hydrogens (tertiary/aromatic N) is 2. The molecule has 0 aliphatic rings. The monoisotopic (exact) mass is 272 g/mol. The molecule has 0 bridgehead atoms. The Kier molecular flexibility index (Phi) is 3.90. The van der Waals surface area contributed by atoms with Crippen LogP contribution in [0.25, 0.3) is 17.3 Å². The van der Waals surface area contributed by atoms with Crippen molar-refractivity contribution in [2.45, 2.75) is 0 Å². The maximum atomic E-state index is 11.2. The zero-order chi connectivity index (χ0) is 14.5. The number of aromatic nitrogens is 3. The zero-order valence-corrected chi connectivity index (χ0v) is 10.7. The number of methoxy groups -OCH3 is 1. The van der Waals surface area contributed by atoms with Crippen LogP contribution in [0.5, 0.6) is 0 Å². The highest BCUT2D eigenvalue weighted by atomic mass is 16.5. The summed E-state index contributed by atoms with van der Waals surface area (Å²) in [4.78, 5) is 22.1. The molecule has 0 saturated carbocycles. The number of carbonyl (C=O) groups is 2. The molecule has 7 heteroatoms. The van der Waals surface area contributed by atoms with Crippen molar-refractivity contribution in [1.82, 2.24) is 15.4 Å². The first-order valence-corrected chi connectivity index (χ1v) is 5.69. The van der Waals surface area contributed by atoms with Gasteiger partial charge in [0.15, 0.2) is 5.69 Å². The van der Waals surface area contributed by atoms with Crippen molar-refractivity contribution >= 4 is 18.0 Å². The molecular weight excluding hydrogens is 260 g/mol. The maximum Gasteiger partial charge on any atom is 0.330 e. The summed E-state index contributed by atoms with van der Waals surface area (Å²) in [5, 5.41) is 9.96. The molecule has 20 heavy (non-hydrogen) atoms. The first-order chi connectivity index (χ1) is 9.61. The smallest absolute Gasteiger partial charge is 0.330 e. The molecule has 2 aromatic rings. The molecule has 1 heterocycles. The lowest BCUT2D eigenvalue weighted by Gasteiger charge is -1.99. The Balaban J connectivity index is 2.24. The molecule has 1 aromatic heterocycles. The van der Waals surface area contributed by atoms with Crippen molar-refractivity contribution in [1.29, 1.82) is 0 Å². The topological polar surface area (TPSA) is 111 Å². The molecule has 0 spiro atoms. The molecule has 0 unspecified atom stereocenters. The fraction of sp³-hybridized carbons (Fsp3) is 0.0769. The Morgan fingerprint density at radius 2 is 1.95 bits per heavy atom. The summed E-state index contributed by atoms with van der Waals surface area (Å²) in [6, 6.07) is 7.05. The summed E-state index contributed by atoms with van der Waals surface area (Å²) >= 11 is 0. The van der Waals surface area contributed by atoms with Gasteiger partial charge in [0.2, 0.25) is 0 Å². The number of aromatic amines is 1. The molecule has 3 N–H and O–H groups in total. The molecule has 1 amide bonds. The number of ether oxygens (including phenoxy) is 1. The van der Waals surface area contributed by atoms with Gasteiger partial charge >= 0.3 is 5.97 Å². The number of primary amides is 1. The second-order valence-electron chi connectivity index (χ2n) is 3.86. The lowest BCUT2D eigenvalue weighted by Crippen LogP contribution is -2.12. The summed E-state index contributed by atoms with van der Waals surface area (Å²) in [6.07, 6.45) is 2.94. The molecule has 0 fully saturated rings. The van der Waals surface area contributed by atoms with E-state index in [4.69, 9.17) is 5.73 Å². The van der Waals surface area contributed by atoms with Gasteiger partial charge in [-0.1, -0.05) is 24.3 Å². The minimum absolute atomic E-state index is 0.0860. The normalized spacial score (nSPS) is 10.7. The van der Waals surface area contributed by atoms with Gasteiger partial charge in [-0.2, -0.15) is 15.4 Å². The first-order valence-electron chi connectivity index (χ1n) is 5.69. The third kappa shape index (κ3) is 2.89. The minimum atomic E-state index is -0.650. The zero-order valence-electron chi connectivity index (χ0n) is 10.7. The Morgan fingerprint density at radius 1 is 1.25 bits per heavy atom. The lowest BCUT2D eigenvalue weighted by molar-refractivity contribution is -0.134. The predicted molar refractivity (Wildman–Crippen MR) is 71.4 cm³/mol. The van der Waals surface area contributed by atoms with Crippen molar-refractivity contribution < 1.29 is 14.3 Å². The lowest BCUT2D eigenvalue weighted by atomic mass is 10.1. The quantitative estimate of drug-likeness (QED) is 0.630. The van der Waals surface area contributed by atoms with E-state index in [1.165, 1.54) is 13.2 Å². The molecule has 0 saturated heterocycles. The van der Waals surface area contributed by atoms with Crippen LogP contribution in [0, 0.1) is 0 Å². The maximum absolute atomic E-state index is 11.2. The van der Waals surface area contributed by atoms with Crippen molar-refractivity contribution in [2.75, 3.05) is 7.11 Å². The van der Waals surface area contributed by atoms with E-state index in [1.54, 1.807) is 30.3 Å². The van der Waals surface area contributed by atoms with E-state index in [1.807, 2.05) is 0 Å². The highest BCUT2D eigenvalue weighted by molar-refractivity contribution is 5.96. The van der Waals surface area contributed by atoms with Crippen LogP contribution in [0.3, 0.4) is 0 Å². The van der Waals surface area contributed by atoms with Gasteiger partial charge in [-0.25, -0.2) is 4.79 Å². The number of esters is 1. The standard InChI is InChI=1S/C13H12N4O3/c1-20-10(18)7-4-8-2-5-9(6-3-8)11-12(13(14)19)16-17-15-11/h2-7H,1H3,(H2,14,19)(H,15,16,17). The number of rotatable bonds is 4. The number of benzene rings is 1. The SMILES string of the molecule is COC(=O)C=Cc1ccc(-c2n[nH]nc2C(N)=O)cc1. The van der Waals surface area contributed by atoms with Gasteiger partial charge in [0.05, 0.1) is 7.11 Å². The Morgan fingerprint density at radius 3 is 2.55 bits per heavy atom. The van der Waals surface area contributed by atoms with Crippen LogP contribution in [0.15, 0.2) is 30.3 Å². The van der Waals surface area contributed by atoms with E-state index in [0.717, 1.165) is 5.56 Å². The highest BCUT2D eigenvalue weighted by Gasteiger charge is 2.14. The van der Waals surface area contributed by atoms with Crippen molar-refractivity contribution in [3.05, 3.63) is 41.6 Å². The Labute approximate surface area is 114 Å². The molecule has 0 radical (unpaired) electrons. The number of hydrogen-bond donors (Lipinski definition) is 2. The van der Waals surface area contributed by atoms with Gasteiger partial charge in [-0.3, -0.25) is 4.79 Å². The molecule has 2 rings (SSSR count). The average Bonchev–Trinajstić information content (AvgIpc) is 2.95. The minimum Gasteiger partial charge on any atom is -0.466 e. The first kappa shape index (κ1) is 13.5. The van der Waals surface area contributed by atoms with E-state index in [9.17, 15) is 9.59 Å². The van der Waals surface area contributed by atoms with Crippen LogP contribution in [0.4, 0.5) is 0 Å². The molecule has 1 aromatic carbocycles. The van der Waals surface area contributed by atoms with Crippen molar-refractivity contribution in [3.63, 3.8) is 0 Å². The van der Waals surface area contributed by atoms with E-state index in [2.05, 4.69) is 20.1 Å². The van der Waals surface area contributed by atoms with Crippen molar-refractivity contribution in [2.24, 2.45) is 5.73 Å². The third-order valence-electron chi connectivity index (χ3n) is 2.58. The largest absolute Gasteiger partial charge is 0.466 e. The average molecular weight is 272 g/mol. The molecule has 0 aliphatic heterocycles. The number of hydrogen-bond acceptors (Lipinski definition) is 5. The molecule has 7 nitrogen and oxygen atoms in total. The second kappa shape index (κ2) is 5.79. The third-order valence-corrected chi connectivity index (χ3v) is 2.58. The summed E-state index contributed by atoms with van der Waals surface area (Å²) in [6.45, 7) is 0. The summed E-state index contributed by atoms with van der Waals surface area (Å²) in [7, 11) is 1.31. The van der Waals surface area contributed by atoms with Crippen LogP contribution in [0.1, 0.15) is 16.1 Å². The highest BCUT2D eigenvalue weighted by Crippen LogP contribution is 2.20. The molecule has 0 aliphatic carbocycles. The van der Waals surface area contributed by atoms with Gasteiger partial charge in [0, 0.05) is 11.6 Å². The van der Waals surface area contributed by atoms with Crippen LogP contribution in [0.2, 0.25) is 0 Å². The van der Waals surface area contributed by atoms with Crippen LogP contribution >= 0.6 is 0 Å². The van der Waals surface area contributed by atoms with Crippen LogP contribution < -0.4 is 5.73 Å². The van der Waals surface area contributed by atoms with Crippen molar-refractivity contribution in [3.8, 4) is 11.3 Å². The number of nitrogens with one attached hydrogen (secondary N) is 1. The van der Waals surface area contributed by atoms with Crippen LogP contribution in [-0.2, 0) is 9.53 Å². The fourth-order valence-corrected chi connectivity index (χ4v) is 1.59. The number of amides is 1. The summed E-state index contributed by atoms with van der Waals surface area (Å²) in [5.74, 6) is -1.08. The second-order valence-corrected chi connectivity index (χ2v) is 3.86. The van der Waals surface area contributed by atoms with E-state index < -0.39 is 11.9 Å². The van der Waals surface area contributed by atoms with Gasteiger partial charge in [0.1, 0.15) is 5.69 Å². The van der Waals surface area contributed by atoms with E-state index in [-0.39, 0.29) is 5.69 Å². The Bertz CT molecular complexity index is 659. The van der Waals surface area contributed by atoms with Gasteiger partial charge in [-0.05, 0) is 11.6 Å². The number of carbonyl (C=O) groups excluding carboxylic acids is 2. The number of H-pyrrole nitrogens is 1. The van der Waals surface area contributed by atoms with Gasteiger partial charge in [0.25, 0.3) is 5.91 Å². The van der Waals surface area contributed by atoms with Gasteiger partial charge in [-0.15, -0.1) is 0 Å². The molecule has 0 atom stereocenters. The summed E-state index contributed by atoms with van der Waals surface area (Å²) < 4.78 is 4.50. The van der Waals surface area contributed by atoms with E-state index >= 15 is 0 Å². The molecule has 102 valence electrons. The van der Waals surface area contributed by atoms with Gasteiger partial charge < -0.3 is 10.5 Å².